The smallest absolute Gasteiger partial charge is 0.0573 e. The topological polar surface area (TPSA) is 58.3 Å². The van der Waals surface area contributed by atoms with E-state index in [1.54, 1.807) is 0 Å². The quantitative estimate of drug-likeness (QED) is 0.621. The molecule has 0 aliphatic heterocycles. The highest BCUT2D eigenvalue weighted by Crippen LogP contribution is 2.19. The van der Waals surface area contributed by atoms with Crippen LogP contribution in [-0.4, -0.2) is 18.3 Å². The molecule has 4 N–H and O–H groups in total. The van der Waals surface area contributed by atoms with Gasteiger partial charge in [0.2, 0.25) is 0 Å². The average Bonchev–Trinajstić information content (AvgIpc) is 2.28. The maximum Gasteiger partial charge on any atom is 0.0573 e. The average molecular weight is 222 g/mol. The predicted molar refractivity (Wildman–Crippen MR) is 69.4 cm³/mol. The molecule has 0 saturated heterocycles. The number of nitrogens with two attached hydrogens (primary N) is 1. The molecule has 1 rings (SSSR count). The Morgan fingerprint density at radius 2 is 2.06 bits per heavy atom. The molecule has 1 aromatic rings. The third kappa shape index (κ3) is 4.11. The number of nitrogen functional groups attached to an aromatic ring is 1. The number of para-hydroxylation sites is 2. The summed E-state index contributed by atoms with van der Waals surface area (Å²) < 4.78 is 0. The first-order valence-electron chi connectivity index (χ1n) is 5.97. The van der Waals surface area contributed by atoms with Crippen molar-refractivity contribution in [1.29, 1.82) is 0 Å². The van der Waals surface area contributed by atoms with Crippen molar-refractivity contribution < 1.29 is 5.11 Å². The van der Waals surface area contributed by atoms with E-state index in [-0.39, 0.29) is 6.61 Å². The second-order valence-electron chi connectivity index (χ2n) is 4.14. The SMILES string of the molecule is CCCC(CCO)CNc1ccccc1N. The fourth-order valence-corrected chi connectivity index (χ4v) is 1.85. The first-order valence-corrected chi connectivity index (χ1v) is 5.97. The van der Waals surface area contributed by atoms with Gasteiger partial charge in [0.05, 0.1) is 11.4 Å². The molecule has 1 atom stereocenters. The zero-order valence-electron chi connectivity index (χ0n) is 9.95. The van der Waals surface area contributed by atoms with E-state index >= 15 is 0 Å². The van der Waals surface area contributed by atoms with Crippen LogP contribution in [0.25, 0.3) is 0 Å². The minimum absolute atomic E-state index is 0.261. The molecule has 0 aliphatic rings. The second kappa shape index (κ2) is 7.12. The van der Waals surface area contributed by atoms with E-state index in [4.69, 9.17) is 10.8 Å². The Bertz CT molecular complexity index is 296. The van der Waals surface area contributed by atoms with Gasteiger partial charge in [0.25, 0.3) is 0 Å². The van der Waals surface area contributed by atoms with Gasteiger partial charge >= 0.3 is 0 Å². The lowest BCUT2D eigenvalue weighted by Gasteiger charge is -2.17. The zero-order chi connectivity index (χ0) is 11.8. The van der Waals surface area contributed by atoms with E-state index in [9.17, 15) is 0 Å². The van der Waals surface area contributed by atoms with Gasteiger partial charge in [0.1, 0.15) is 0 Å². The van der Waals surface area contributed by atoms with Gasteiger partial charge in [0.15, 0.2) is 0 Å². The predicted octanol–water partition coefficient (Wildman–Crippen LogP) is 2.48. The lowest BCUT2D eigenvalue weighted by molar-refractivity contribution is 0.255. The van der Waals surface area contributed by atoms with Crippen LogP contribution in [0.15, 0.2) is 24.3 Å². The highest BCUT2D eigenvalue weighted by Gasteiger charge is 2.07. The summed E-state index contributed by atoms with van der Waals surface area (Å²) in [6.07, 6.45) is 3.14. The van der Waals surface area contributed by atoms with Gasteiger partial charge < -0.3 is 16.2 Å². The summed E-state index contributed by atoms with van der Waals surface area (Å²) in [4.78, 5) is 0. The maximum atomic E-state index is 8.96. The molecule has 0 aliphatic carbocycles. The number of hydrogen-bond acceptors (Lipinski definition) is 3. The Morgan fingerprint density at radius 3 is 2.69 bits per heavy atom. The minimum Gasteiger partial charge on any atom is -0.397 e. The number of nitrogens with one attached hydrogen (secondary N) is 1. The summed E-state index contributed by atoms with van der Waals surface area (Å²) >= 11 is 0. The summed E-state index contributed by atoms with van der Waals surface area (Å²) in [6, 6.07) is 7.78. The molecule has 3 nitrogen and oxygen atoms in total. The van der Waals surface area contributed by atoms with Crippen LogP contribution in [0.2, 0.25) is 0 Å². The molecule has 16 heavy (non-hydrogen) atoms. The van der Waals surface area contributed by atoms with E-state index in [0.29, 0.717) is 5.92 Å². The Balaban J connectivity index is 2.45. The van der Waals surface area contributed by atoms with E-state index in [1.165, 1.54) is 0 Å². The largest absolute Gasteiger partial charge is 0.397 e. The molecule has 0 saturated carbocycles. The highest BCUT2D eigenvalue weighted by atomic mass is 16.3. The Morgan fingerprint density at radius 1 is 1.31 bits per heavy atom. The van der Waals surface area contributed by atoms with Gasteiger partial charge in [-0.15, -0.1) is 0 Å². The summed E-state index contributed by atoms with van der Waals surface area (Å²) in [7, 11) is 0. The summed E-state index contributed by atoms with van der Waals surface area (Å²) in [6.45, 7) is 3.31. The van der Waals surface area contributed by atoms with Crippen LogP contribution >= 0.6 is 0 Å². The molecular weight excluding hydrogens is 200 g/mol. The van der Waals surface area contributed by atoms with Crippen LogP contribution in [0.4, 0.5) is 11.4 Å². The number of anilines is 2. The van der Waals surface area contributed by atoms with Crippen molar-refractivity contribution in [3.05, 3.63) is 24.3 Å². The van der Waals surface area contributed by atoms with Gasteiger partial charge in [-0.1, -0.05) is 25.5 Å². The van der Waals surface area contributed by atoms with Crippen LogP contribution < -0.4 is 11.1 Å². The molecule has 0 amide bonds. The molecule has 90 valence electrons. The van der Waals surface area contributed by atoms with E-state index in [1.807, 2.05) is 24.3 Å². The normalized spacial score (nSPS) is 12.4. The molecule has 3 heteroatoms. The maximum absolute atomic E-state index is 8.96. The molecular formula is C13H22N2O. The van der Waals surface area contributed by atoms with Crippen LogP contribution in [0.5, 0.6) is 0 Å². The molecule has 0 bridgehead atoms. The lowest BCUT2D eigenvalue weighted by atomic mass is 10.00. The fraction of sp³-hybridized carbons (Fsp3) is 0.538. The third-order valence-electron chi connectivity index (χ3n) is 2.78. The molecule has 0 aromatic heterocycles. The summed E-state index contributed by atoms with van der Waals surface area (Å²) in [5.41, 5.74) is 7.61. The van der Waals surface area contributed by atoms with Gasteiger partial charge in [-0.05, 0) is 30.9 Å². The molecule has 1 aromatic carbocycles. The number of rotatable bonds is 7. The van der Waals surface area contributed by atoms with Crippen molar-refractivity contribution in [2.24, 2.45) is 5.92 Å². The number of hydrogen-bond donors (Lipinski definition) is 3. The van der Waals surface area contributed by atoms with Crippen LogP contribution in [0.1, 0.15) is 26.2 Å². The number of aliphatic hydroxyl groups is 1. The number of benzene rings is 1. The number of aliphatic hydroxyl groups excluding tert-OH is 1. The first-order chi connectivity index (χ1) is 7.77. The van der Waals surface area contributed by atoms with Crippen LogP contribution in [0, 0.1) is 5.92 Å². The molecule has 0 radical (unpaired) electrons. The monoisotopic (exact) mass is 222 g/mol. The molecule has 0 spiro atoms. The van der Waals surface area contributed by atoms with Crippen molar-refractivity contribution in [1.82, 2.24) is 0 Å². The third-order valence-corrected chi connectivity index (χ3v) is 2.78. The minimum atomic E-state index is 0.261. The van der Waals surface area contributed by atoms with Crippen molar-refractivity contribution in [3.63, 3.8) is 0 Å². The van der Waals surface area contributed by atoms with Crippen LogP contribution in [-0.2, 0) is 0 Å². The first kappa shape index (κ1) is 12.8. The lowest BCUT2D eigenvalue weighted by Crippen LogP contribution is -2.16. The van der Waals surface area contributed by atoms with Crippen molar-refractivity contribution in [3.8, 4) is 0 Å². The van der Waals surface area contributed by atoms with Gasteiger partial charge in [0, 0.05) is 13.2 Å². The highest BCUT2D eigenvalue weighted by molar-refractivity contribution is 5.65. The fourth-order valence-electron chi connectivity index (χ4n) is 1.85. The Kier molecular flexibility index (Phi) is 5.72. The van der Waals surface area contributed by atoms with Gasteiger partial charge in [-0.25, -0.2) is 0 Å². The Labute approximate surface area is 97.7 Å². The van der Waals surface area contributed by atoms with Crippen LogP contribution in [0.3, 0.4) is 0 Å². The van der Waals surface area contributed by atoms with Crippen molar-refractivity contribution in [2.45, 2.75) is 26.2 Å². The van der Waals surface area contributed by atoms with E-state index in [2.05, 4.69) is 12.2 Å². The zero-order valence-corrected chi connectivity index (χ0v) is 9.95. The van der Waals surface area contributed by atoms with E-state index in [0.717, 1.165) is 37.2 Å². The van der Waals surface area contributed by atoms with Crippen molar-refractivity contribution >= 4 is 11.4 Å². The second-order valence-corrected chi connectivity index (χ2v) is 4.14. The standard InChI is InChI=1S/C13H22N2O/c1-2-5-11(8-9-16)10-15-13-7-4-3-6-12(13)14/h3-4,6-7,11,15-16H,2,5,8-10,14H2,1H3. The molecule has 1 unspecified atom stereocenters. The van der Waals surface area contributed by atoms with Gasteiger partial charge in [-0.3, -0.25) is 0 Å². The summed E-state index contributed by atoms with van der Waals surface area (Å²) in [5.74, 6) is 0.523. The van der Waals surface area contributed by atoms with Crippen molar-refractivity contribution in [2.75, 3.05) is 24.2 Å². The molecule has 0 fully saturated rings. The summed E-state index contributed by atoms with van der Waals surface area (Å²) in [5, 5.41) is 12.3. The van der Waals surface area contributed by atoms with Gasteiger partial charge in [-0.2, -0.15) is 0 Å². The molecule has 0 heterocycles. The Hall–Kier alpha value is -1.22. The van der Waals surface area contributed by atoms with E-state index < -0.39 is 0 Å².